The second-order valence-corrected chi connectivity index (χ2v) is 7.65. The van der Waals surface area contributed by atoms with Crippen molar-refractivity contribution in [2.45, 2.75) is 58.2 Å². The zero-order chi connectivity index (χ0) is 20.6. The van der Waals surface area contributed by atoms with E-state index in [1.54, 1.807) is 24.3 Å². The molecule has 0 saturated heterocycles. The molecule has 0 aromatic heterocycles. The zero-order valence-corrected chi connectivity index (χ0v) is 16.8. The van der Waals surface area contributed by atoms with Gasteiger partial charge in [0, 0.05) is 25.0 Å². The van der Waals surface area contributed by atoms with Crippen LogP contribution in [0, 0.1) is 0 Å². The molecule has 0 aliphatic carbocycles. The molecule has 0 fully saturated rings. The SMILES string of the molecule is CC(=O)NC(CC(=O)NC(CCOC(C)(C)C)C(=O)O)c1ccc(Cl)cc1. The summed E-state index contributed by atoms with van der Waals surface area (Å²) in [5.41, 5.74) is 0.311. The van der Waals surface area contributed by atoms with Crippen LogP contribution in [0.3, 0.4) is 0 Å². The second-order valence-electron chi connectivity index (χ2n) is 7.22. The Morgan fingerprint density at radius 2 is 1.74 bits per heavy atom. The van der Waals surface area contributed by atoms with E-state index in [-0.39, 0.29) is 25.4 Å². The number of halogens is 1. The highest BCUT2D eigenvalue weighted by molar-refractivity contribution is 6.30. The quantitative estimate of drug-likeness (QED) is 0.593. The predicted molar refractivity (Wildman–Crippen MR) is 103 cm³/mol. The number of carbonyl (C=O) groups is 3. The van der Waals surface area contributed by atoms with E-state index in [1.807, 2.05) is 20.8 Å². The first-order valence-corrected chi connectivity index (χ1v) is 9.04. The highest BCUT2D eigenvalue weighted by Crippen LogP contribution is 2.19. The maximum Gasteiger partial charge on any atom is 0.326 e. The molecule has 0 heterocycles. The monoisotopic (exact) mass is 398 g/mol. The van der Waals surface area contributed by atoms with Gasteiger partial charge in [-0.15, -0.1) is 0 Å². The van der Waals surface area contributed by atoms with Crippen LogP contribution in [-0.2, 0) is 19.1 Å². The molecule has 0 radical (unpaired) electrons. The number of rotatable bonds is 9. The van der Waals surface area contributed by atoms with Crippen molar-refractivity contribution in [1.82, 2.24) is 10.6 Å². The van der Waals surface area contributed by atoms with Gasteiger partial charge in [0.05, 0.1) is 18.1 Å². The van der Waals surface area contributed by atoms with Gasteiger partial charge in [-0.1, -0.05) is 23.7 Å². The molecule has 0 aliphatic heterocycles. The average Bonchev–Trinajstić information content (AvgIpc) is 2.52. The number of amides is 2. The Balaban J connectivity index is 2.73. The molecule has 1 aromatic carbocycles. The molecule has 0 spiro atoms. The van der Waals surface area contributed by atoms with Crippen molar-refractivity contribution in [3.05, 3.63) is 34.9 Å². The van der Waals surface area contributed by atoms with Crippen LogP contribution >= 0.6 is 11.6 Å². The molecule has 0 saturated carbocycles. The molecule has 2 unspecified atom stereocenters. The molecule has 7 nitrogen and oxygen atoms in total. The van der Waals surface area contributed by atoms with E-state index in [0.29, 0.717) is 10.6 Å². The van der Waals surface area contributed by atoms with Crippen LogP contribution in [0.25, 0.3) is 0 Å². The van der Waals surface area contributed by atoms with Crippen molar-refractivity contribution in [2.75, 3.05) is 6.61 Å². The first kappa shape index (κ1) is 22.9. The molecule has 1 rings (SSSR count). The lowest BCUT2D eigenvalue weighted by atomic mass is 10.0. The fourth-order valence-corrected chi connectivity index (χ4v) is 2.50. The summed E-state index contributed by atoms with van der Waals surface area (Å²) in [6.07, 6.45) is 0.0508. The highest BCUT2D eigenvalue weighted by Gasteiger charge is 2.24. The third-order valence-electron chi connectivity index (χ3n) is 3.61. The van der Waals surface area contributed by atoms with Crippen LogP contribution in [0.2, 0.25) is 5.02 Å². The number of benzene rings is 1. The van der Waals surface area contributed by atoms with Crippen molar-refractivity contribution in [3.63, 3.8) is 0 Å². The molecule has 0 bridgehead atoms. The van der Waals surface area contributed by atoms with Crippen molar-refractivity contribution in [3.8, 4) is 0 Å². The number of aliphatic carboxylic acids is 1. The summed E-state index contributed by atoms with van der Waals surface area (Å²) >= 11 is 5.87. The lowest BCUT2D eigenvalue weighted by Crippen LogP contribution is -2.43. The smallest absolute Gasteiger partial charge is 0.326 e. The van der Waals surface area contributed by atoms with E-state index in [4.69, 9.17) is 16.3 Å². The van der Waals surface area contributed by atoms with Crippen molar-refractivity contribution in [1.29, 1.82) is 0 Å². The molecule has 150 valence electrons. The largest absolute Gasteiger partial charge is 0.480 e. The zero-order valence-electron chi connectivity index (χ0n) is 16.0. The van der Waals surface area contributed by atoms with Crippen LogP contribution in [0.1, 0.15) is 52.1 Å². The number of hydrogen-bond acceptors (Lipinski definition) is 4. The van der Waals surface area contributed by atoms with Gasteiger partial charge in [0.15, 0.2) is 0 Å². The van der Waals surface area contributed by atoms with Gasteiger partial charge in [0.2, 0.25) is 11.8 Å². The number of nitrogens with one attached hydrogen (secondary N) is 2. The van der Waals surface area contributed by atoms with Crippen molar-refractivity contribution < 1.29 is 24.2 Å². The van der Waals surface area contributed by atoms with E-state index in [9.17, 15) is 19.5 Å². The fourth-order valence-electron chi connectivity index (χ4n) is 2.37. The lowest BCUT2D eigenvalue weighted by Gasteiger charge is -2.22. The van der Waals surface area contributed by atoms with E-state index >= 15 is 0 Å². The summed E-state index contributed by atoms with van der Waals surface area (Å²) in [6, 6.07) is 5.09. The third-order valence-corrected chi connectivity index (χ3v) is 3.87. The maximum absolute atomic E-state index is 12.4. The van der Waals surface area contributed by atoms with Crippen LogP contribution in [0.4, 0.5) is 0 Å². The van der Waals surface area contributed by atoms with Crippen LogP contribution in [0.15, 0.2) is 24.3 Å². The van der Waals surface area contributed by atoms with Gasteiger partial charge >= 0.3 is 5.97 Å². The molecule has 0 aliphatic rings. The molecule has 1 aromatic rings. The standard InChI is InChI=1S/C19H27ClN2O5/c1-12(23)21-16(13-5-7-14(20)8-6-13)11-17(24)22-15(18(25)26)9-10-27-19(2,3)4/h5-8,15-16H,9-11H2,1-4H3,(H,21,23)(H,22,24)(H,25,26). The number of carboxylic acid groups (broad SMARTS) is 1. The average molecular weight is 399 g/mol. The maximum atomic E-state index is 12.4. The summed E-state index contributed by atoms with van der Waals surface area (Å²) in [5, 5.41) is 15.0. The minimum absolute atomic E-state index is 0.0921. The van der Waals surface area contributed by atoms with Crippen LogP contribution < -0.4 is 10.6 Å². The molecular weight excluding hydrogens is 372 g/mol. The van der Waals surface area contributed by atoms with Gasteiger partial charge in [0.25, 0.3) is 0 Å². The second kappa shape index (κ2) is 10.3. The molecular formula is C19H27ClN2O5. The summed E-state index contributed by atoms with van der Waals surface area (Å²) in [7, 11) is 0. The summed E-state index contributed by atoms with van der Waals surface area (Å²) in [4.78, 5) is 35.2. The molecule has 2 amide bonds. The van der Waals surface area contributed by atoms with Gasteiger partial charge in [-0.2, -0.15) is 0 Å². The number of hydrogen-bond donors (Lipinski definition) is 3. The van der Waals surface area contributed by atoms with Crippen molar-refractivity contribution >= 4 is 29.4 Å². The first-order chi connectivity index (χ1) is 12.5. The number of carbonyl (C=O) groups excluding carboxylic acids is 2. The Kier molecular flexibility index (Phi) is 8.72. The van der Waals surface area contributed by atoms with E-state index < -0.39 is 29.6 Å². The van der Waals surface area contributed by atoms with Gasteiger partial charge in [-0.3, -0.25) is 9.59 Å². The van der Waals surface area contributed by atoms with Gasteiger partial charge in [0.1, 0.15) is 6.04 Å². The first-order valence-electron chi connectivity index (χ1n) is 8.66. The van der Waals surface area contributed by atoms with E-state index in [0.717, 1.165) is 0 Å². The number of ether oxygens (including phenoxy) is 1. The Labute approximate surface area is 164 Å². The van der Waals surface area contributed by atoms with Crippen LogP contribution in [-0.4, -0.2) is 41.1 Å². The summed E-state index contributed by atoms with van der Waals surface area (Å²) in [5.74, 6) is -1.91. The number of carboxylic acids is 1. The topological polar surface area (TPSA) is 105 Å². The third kappa shape index (κ3) is 9.40. The van der Waals surface area contributed by atoms with Crippen molar-refractivity contribution in [2.24, 2.45) is 0 Å². The molecule has 27 heavy (non-hydrogen) atoms. The Bertz CT molecular complexity index is 655. The Hall–Kier alpha value is -2.12. The minimum Gasteiger partial charge on any atom is -0.480 e. The van der Waals surface area contributed by atoms with Gasteiger partial charge in [-0.25, -0.2) is 4.79 Å². The summed E-state index contributed by atoms with van der Waals surface area (Å²) in [6.45, 7) is 7.15. The van der Waals surface area contributed by atoms with Crippen LogP contribution in [0.5, 0.6) is 0 Å². The van der Waals surface area contributed by atoms with Gasteiger partial charge in [-0.05, 0) is 38.5 Å². The predicted octanol–water partition coefficient (Wildman–Crippen LogP) is 2.68. The minimum atomic E-state index is -1.14. The van der Waals surface area contributed by atoms with E-state index in [1.165, 1.54) is 6.92 Å². The fraction of sp³-hybridized carbons (Fsp3) is 0.526. The molecule has 2 atom stereocenters. The van der Waals surface area contributed by atoms with E-state index in [2.05, 4.69) is 10.6 Å². The highest BCUT2D eigenvalue weighted by atomic mass is 35.5. The normalized spacial score (nSPS) is 13.5. The lowest BCUT2D eigenvalue weighted by molar-refractivity contribution is -0.143. The molecule has 3 N–H and O–H groups in total. The Morgan fingerprint density at radius 1 is 1.15 bits per heavy atom. The summed E-state index contributed by atoms with van der Waals surface area (Å²) < 4.78 is 5.52. The molecule has 8 heteroatoms. The van der Waals surface area contributed by atoms with Gasteiger partial charge < -0.3 is 20.5 Å². The Morgan fingerprint density at radius 3 is 2.22 bits per heavy atom.